The zero-order valence-corrected chi connectivity index (χ0v) is 11.0. The van der Waals surface area contributed by atoms with Gasteiger partial charge >= 0.3 is 0 Å². The Morgan fingerprint density at radius 2 is 0.600 bits per heavy atom. The van der Waals surface area contributed by atoms with Gasteiger partial charge in [0.05, 0.1) is 0 Å². The van der Waals surface area contributed by atoms with E-state index in [2.05, 4.69) is 0 Å². The van der Waals surface area contributed by atoms with Crippen LogP contribution in [0.25, 0.3) is 0 Å². The summed E-state index contributed by atoms with van der Waals surface area (Å²) in [6, 6.07) is 0. The van der Waals surface area contributed by atoms with Crippen molar-refractivity contribution in [3.8, 4) is 0 Å². The molecule has 0 heterocycles. The molecule has 0 aromatic rings. The van der Waals surface area contributed by atoms with Crippen LogP contribution in [0.2, 0.25) is 0 Å². The fraction of sp³-hybridized carbons (Fsp3) is 0. The van der Waals surface area contributed by atoms with Gasteiger partial charge in [0.25, 0.3) is 0 Å². The van der Waals surface area contributed by atoms with E-state index in [9.17, 15) is 0 Å². The Morgan fingerprint density at radius 1 is 0.600 bits per heavy atom. The largest absolute Gasteiger partial charge is 0 e. The minimum atomic E-state index is 0. The van der Waals surface area contributed by atoms with E-state index in [0.29, 0.717) is 0 Å². The van der Waals surface area contributed by atoms with E-state index in [1.165, 1.54) is 0 Å². The summed E-state index contributed by atoms with van der Waals surface area (Å²) in [7, 11) is 0. The van der Waals surface area contributed by atoms with Gasteiger partial charge in [0, 0.05) is 108 Å². The van der Waals surface area contributed by atoms with Crippen LogP contribution < -0.4 is 0 Å². The summed E-state index contributed by atoms with van der Waals surface area (Å²) < 4.78 is 0. The molecule has 0 aliphatic carbocycles. The first kappa shape index (κ1) is 38.7. The maximum Gasteiger partial charge on any atom is 0 e. The normalized spacial score (nSPS) is 0. The van der Waals surface area contributed by atoms with Crippen LogP contribution in [0.1, 0.15) is 0 Å². The van der Waals surface area contributed by atoms with Gasteiger partial charge in [-0.25, -0.2) is 0 Å². The van der Waals surface area contributed by atoms with Crippen molar-refractivity contribution in [1.82, 2.24) is 0 Å². The molecule has 0 amide bonds. The number of hydrogen-bond donors (Lipinski definition) is 0. The maximum absolute atomic E-state index is 0. The fourth-order valence-electron chi connectivity index (χ4n) is 0. The Morgan fingerprint density at radius 3 is 0.600 bits per heavy atom. The molecule has 0 aromatic carbocycles. The van der Waals surface area contributed by atoms with Crippen LogP contribution in [0.3, 0.4) is 0 Å². The van der Waals surface area contributed by atoms with Crippen molar-refractivity contribution in [2.75, 3.05) is 0 Å². The Balaban J connectivity index is 0. The van der Waals surface area contributed by atoms with Crippen LogP contribution in [0, 0.1) is 0 Å². The standard InChI is InChI=1S/2Ag.2Pd.Ta. The van der Waals surface area contributed by atoms with Crippen LogP contribution in [-0.2, 0) is 108 Å². The van der Waals surface area contributed by atoms with Gasteiger partial charge < -0.3 is 0 Å². The molecule has 0 aromatic heterocycles. The van der Waals surface area contributed by atoms with E-state index in [1.807, 2.05) is 0 Å². The predicted octanol–water partition coefficient (Wildman–Crippen LogP) is -0.0125. The first-order chi connectivity index (χ1) is 0. The summed E-state index contributed by atoms with van der Waals surface area (Å²) in [5.41, 5.74) is 0. The second-order valence-corrected chi connectivity index (χ2v) is 0. The third kappa shape index (κ3) is 18.5. The molecule has 0 saturated heterocycles. The van der Waals surface area contributed by atoms with Crippen molar-refractivity contribution >= 4 is 0 Å². The predicted molar refractivity (Wildman–Crippen MR) is 0 cm³/mol. The van der Waals surface area contributed by atoms with Crippen molar-refractivity contribution in [2.45, 2.75) is 0 Å². The molecular weight excluding hydrogens is 610 g/mol. The molecular formula is Ag2Pd2Ta. The Kier molecular flexibility index (Phi) is 199. The third-order valence-electron chi connectivity index (χ3n) is 0. The molecule has 5 heavy (non-hydrogen) atoms. The molecule has 0 unspecified atom stereocenters. The number of rotatable bonds is 0. The van der Waals surface area contributed by atoms with E-state index in [4.69, 9.17) is 0 Å². The average Bonchev–Trinajstić information content (AvgIpc) is 0. The maximum atomic E-state index is 0. The van der Waals surface area contributed by atoms with Gasteiger partial charge in [0.1, 0.15) is 0 Å². The van der Waals surface area contributed by atoms with Gasteiger partial charge in [-0.05, 0) is 0 Å². The van der Waals surface area contributed by atoms with E-state index in [1.54, 1.807) is 0 Å². The third-order valence-corrected chi connectivity index (χ3v) is 0. The number of hydrogen-bond acceptors (Lipinski definition) is 0. The summed E-state index contributed by atoms with van der Waals surface area (Å²) in [6.07, 6.45) is 0. The Bertz CT molecular complexity index is 7.61. The topological polar surface area (TPSA) is 0 Å². The van der Waals surface area contributed by atoms with Crippen LogP contribution >= 0.6 is 0 Å². The molecule has 0 nitrogen and oxygen atoms in total. The van der Waals surface area contributed by atoms with Crippen molar-refractivity contribution in [3.05, 3.63) is 0 Å². The smallest absolute Gasteiger partial charge is 0 e. The van der Waals surface area contributed by atoms with Crippen LogP contribution in [0.5, 0.6) is 0 Å². The van der Waals surface area contributed by atoms with Crippen molar-refractivity contribution in [3.63, 3.8) is 0 Å². The first-order valence-electron chi connectivity index (χ1n) is 0. The van der Waals surface area contributed by atoms with Crippen molar-refractivity contribution in [2.24, 2.45) is 0 Å². The molecule has 0 rings (SSSR count). The van der Waals surface area contributed by atoms with Gasteiger partial charge in [0.2, 0.25) is 0 Å². The van der Waals surface area contributed by atoms with Gasteiger partial charge in [-0.3, -0.25) is 0 Å². The second kappa shape index (κ2) is 25.7. The fourth-order valence-corrected chi connectivity index (χ4v) is 0. The molecule has 3 radical (unpaired) electrons. The first-order valence-corrected chi connectivity index (χ1v) is 0. The average molecular weight is 610 g/mol. The van der Waals surface area contributed by atoms with E-state index in [-0.39, 0.29) is 108 Å². The molecule has 0 atom stereocenters. The summed E-state index contributed by atoms with van der Waals surface area (Å²) in [6.45, 7) is 0. The zero-order chi connectivity index (χ0) is 0. The van der Waals surface area contributed by atoms with Crippen LogP contribution in [0.4, 0.5) is 0 Å². The molecule has 0 aliphatic heterocycles. The quantitative estimate of drug-likeness (QED) is 0.340. The molecule has 0 bridgehead atoms. The van der Waals surface area contributed by atoms with E-state index in [0.717, 1.165) is 0 Å². The monoisotopic (exact) mass is 607 g/mol. The van der Waals surface area contributed by atoms with Gasteiger partial charge in [-0.15, -0.1) is 0 Å². The van der Waals surface area contributed by atoms with Gasteiger partial charge in [-0.2, -0.15) is 0 Å². The molecule has 0 spiro atoms. The summed E-state index contributed by atoms with van der Waals surface area (Å²) >= 11 is 0. The summed E-state index contributed by atoms with van der Waals surface area (Å²) in [5.74, 6) is 0. The Hall–Kier alpha value is 3.55. The van der Waals surface area contributed by atoms with Crippen molar-refractivity contribution in [1.29, 1.82) is 0 Å². The molecule has 0 aliphatic rings. The molecule has 5 heteroatoms. The molecule has 0 saturated carbocycles. The summed E-state index contributed by atoms with van der Waals surface area (Å²) in [4.78, 5) is 0. The minimum absolute atomic E-state index is 0. The second-order valence-electron chi connectivity index (χ2n) is 0. The minimum Gasteiger partial charge on any atom is 0 e. The van der Waals surface area contributed by atoms with Crippen molar-refractivity contribution < 1.29 is 108 Å². The van der Waals surface area contributed by atoms with Crippen LogP contribution in [-0.4, -0.2) is 0 Å². The van der Waals surface area contributed by atoms with Crippen LogP contribution in [0.15, 0.2) is 0 Å². The van der Waals surface area contributed by atoms with E-state index >= 15 is 0 Å². The van der Waals surface area contributed by atoms with Gasteiger partial charge in [0.15, 0.2) is 0 Å². The zero-order valence-electron chi connectivity index (χ0n) is 1.68. The molecule has 47 valence electrons. The van der Waals surface area contributed by atoms with E-state index < -0.39 is 0 Å². The molecule has 0 fully saturated rings. The Labute approximate surface area is 106 Å². The summed E-state index contributed by atoms with van der Waals surface area (Å²) in [5, 5.41) is 0. The molecule has 0 N–H and O–H groups in total. The van der Waals surface area contributed by atoms with Gasteiger partial charge in [-0.1, -0.05) is 0 Å². The SMILES string of the molecule is [Ag].[Ag].[Pd].[Pd].[Ta].